The lowest BCUT2D eigenvalue weighted by atomic mass is 11.1. The fourth-order valence-corrected chi connectivity index (χ4v) is 0.275. The average molecular weight is 136 g/mol. The van der Waals surface area contributed by atoms with Crippen LogP contribution in [0.25, 0.3) is 0 Å². The van der Waals surface area contributed by atoms with E-state index in [1.165, 1.54) is 6.33 Å². The second-order valence-electron chi connectivity index (χ2n) is 0.978. The smallest absolute Gasteiger partial charge is 0.232 e. The Morgan fingerprint density at radius 2 is 2.50 bits per heavy atom. The van der Waals surface area contributed by atoms with Crippen LogP contribution >= 0.6 is 12.4 Å². The summed E-state index contributed by atoms with van der Waals surface area (Å²) in [4.78, 5) is 3.63. The summed E-state index contributed by atoms with van der Waals surface area (Å²) in [5, 5.41) is 6.00. The minimum Gasteiger partial charge on any atom is -0.293 e. The highest BCUT2D eigenvalue weighted by atomic mass is 35.5. The highest BCUT2D eigenvalue weighted by molar-refractivity contribution is 5.85. The van der Waals surface area contributed by atoms with Crippen LogP contribution < -0.4 is 11.3 Å². The highest BCUT2D eigenvalue weighted by Gasteiger charge is 1.82. The molecule has 0 aliphatic heterocycles. The standard InChI is InChI=1S/C2H5N5.ClH/c3-6-2-4-1-5-7-2;/h1H,3H2,(H2,4,5,6,7);1H. The maximum Gasteiger partial charge on any atom is 0.232 e. The van der Waals surface area contributed by atoms with Crippen LogP contribution in [0.4, 0.5) is 5.95 Å². The molecule has 0 spiro atoms. The number of halogens is 1. The van der Waals surface area contributed by atoms with E-state index in [0.29, 0.717) is 5.95 Å². The normalized spacial score (nSPS) is 7.62. The maximum atomic E-state index is 4.91. The first-order valence-electron chi connectivity index (χ1n) is 1.75. The average Bonchev–Trinajstić information content (AvgIpc) is 2.14. The van der Waals surface area contributed by atoms with Crippen LogP contribution in [0, 0.1) is 0 Å². The molecule has 0 aliphatic carbocycles. The van der Waals surface area contributed by atoms with Gasteiger partial charge >= 0.3 is 0 Å². The van der Waals surface area contributed by atoms with E-state index < -0.39 is 0 Å². The first-order chi connectivity index (χ1) is 3.43. The van der Waals surface area contributed by atoms with Gasteiger partial charge in [-0.2, -0.15) is 10.1 Å². The van der Waals surface area contributed by atoms with Gasteiger partial charge in [-0.15, -0.1) is 12.4 Å². The van der Waals surface area contributed by atoms with Gasteiger partial charge in [0.15, 0.2) is 0 Å². The molecule has 1 aromatic heterocycles. The molecule has 0 fully saturated rings. The lowest BCUT2D eigenvalue weighted by Gasteiger charge is -1.84. The predicted molar refractivity (Wildman–Crippen MR) is 31.4 cm³/mol. The third-order valence-electron chi connectivity index (χ3n) is 0.552. The number of aromatic nitrogens is 3. The molecule has 0 radical (unpaired) electrons. The fraction of sp³-hybridized carbons (Fsp3) is 0. The summed E-state index contributed by atoms with van der Waals surface area (Å²) < 4.78 is 0. The number of nitrogens with zero attached hydrogens (tertiary/aromatic N) is 2. The van der Waals surface area contributed by atoms with Gasteiger partial charge in [-0.25, -0.2) is 10.9 Å². The van der Waals surface area contributed by atoms with Gasteiger partial charge in [-0.3, -0.25) is 5.43 Å². The van der Waals surface area contributed by atoms with Gasteiger partial charge in [-0.1, -0.05) is 0 Å². The number of nitrogens with one attached hydrogen (secondary N) is 2. The minimum absolute atomic E-state index is 0. The van der Waals surface area contributed by atoms with Crippen LogP contribution in [0.5, 0.6) is 0 Å². The number of aromatic amines is 1. The van der Waals surface area contributed by atoms with Crippen molar-refractivity contribution in [1.29, 1.82) is 0 Å². The SMILES string of the molecule is Cl.NNc1ncn[nH]1. The van der Waals surface area contributed by atoms with E-state index in [-0.39, 0.29) is 12.4 Å². The molecule has 8 heavy (non-hydrogen) atoms. The molecule has 0 amide bonds. The second-order valence-corrected chi connectivity index (χ2v) is 0.978. The molecule has 0 aromatic carbocycles. The number of nitrogen functional groups attached to an aromatic ring is 1. The van der Waals surface area contributed by atoms with E-state index in [9.17, 15) is 0 Å². The number of hydrogen-bond donors (Lipinski definition) is 3. The van der Waals surface area contributed by atoms with Crippen molar-refractivity contribution < 1.29 is 0 Å². The van der Waals surface area contributed by atoms with Gasteiger partial charge in [-0.05, 0) is 0 Å². The number of hydrazine groups is 1. The van der Waals surface area contributed by atoms with Crippen molar-refractivity contribution in [3.63, 3.8) is 0 Å². The van der Waals surface area contributed by atoms with Crippen molar-refractivity contribution in [2.24, 2.45) is 5.84 Å². The Kier molecular flexibility index (Phi) is 2.90. The van der Waals surface area contributed by atoms with Gasteiger partial charge in [0.2, 0.25) is 5.95 Å². The zero-order chi connectivity index (χ0) is 5.11. The molecule has 5 nitrogen and oxygen atoms in total. The predicted octanol–water partition coefficient (Wildman–Crippen LogP) is -0.488. The molecule has 6 heteroatoms. The molecule has 4 N–H and O–H groups in total. The number of H-pyrrole nitrogens is 1. The monoisotopic (exact) mass is 135 g/mol. The van der Waals surface area contributed by atoms with Crippen LogP contribution in [0.2, 0.25) is 0 Å². The maximum absolute atomic E-state index is 4.91. The second kappa shape index (κ2) is 3.23. The van der Waals surface area contributed by atoms with E-state index in [1.54, 1.807) is 0 Å². The minimum atomic E-state index is 0. The molecule has 0 saturated carbocycles. The lowest BCUT2D eigenvalue weighted by molar-refractivity contribution is 1.08. The molecule has 0 unspecified atom stereocenters. The lowest BCUT2D eigenvalue weighted by Crippen LogP contribution is -2.07. The number of rotatable bonds is 1. The quantitative estimate of drug-likeness (QED) is 0.359. The molecule has 0 aliphatic rings. The molecule has 1 rings (SSSR count). The van der Waals surface area contributed by atoms with Crippen LogP contribution in [0.15, 0.2) is 6.33 Å². The highest BCUT2D eigenvalue weighted by Crippen LogP contribution is 1.83. The Hall–Kier alpha value is -0.810. The third-order valence-corrected chi connectivity index (χ3v) is 0.552. The molecule has 46 valence electrons. The molecule has 0 bridgehead atoms. The molecule has 1 heterocycles. The molecule has 1 aromatic rings. The van der Waals surface area contributed by atoms with E-state index in [2.05, 4.69) is 20.6 Å². The number of nitrogens with two attached hydrogens (primary N) is 1. The van der Waals surface area contributed by atoms with Crippen LogP contribution in [-0.2, 0) is 0 Å². The van der Waals surface area contributed by atoms with Gasteiger partial charge in [0.05, 0.1) is 0 Å². The largest absolute Gasteiger partial charge is 0.293 e. The summed E-state index contributed by atoms with van der Waals surface area (Å²) in [6.07, 6.45) is 1.37. The Labute approximate surface area is 52.1 Å². The van der Waals surface area contributed by atoms with Crippen molar-refractivity contribution in [3.8, 4) is 0 Å². The van der Waals surface area contributed by atoms with Crippen molar-refractivity contribution in [3.05, 3.63) is 6.33 Å². The van der Waals surface area contributed by atoms with Gasteiger partial charge < -0.3 is 0 Å². The summed E-state index contributed by atoms with van der Waals surface area (Å²) in [6.45, 7) is 0. The van der Waals surface area contributed by atoms with Crippen molar-refractivity contribution in [2.45, 2.75) is 0 Å². The van der Waals surface area contributed by atoms with Crippen LogP contribution in [0.3, 0.4) is 0 Å². The Bertz CT molecular complexity index is 125. The first-order valence-corrected chi connectivity index (χ1v) is 1.75. The first kappa shape index (κ1) is 7.19. The topological polar surface area (TPSA) is 79.6 Å². The number of hydrogen-bond acceptors (Lipinski definition) is 4. The van der Waals surface area contributed by atoms with E-state index in [0.717, 1.165) is 0 Å². The zero-order valence-corrected chi connectivity index (χ0v) is 4.77. The van der Waals surface area contributed by atoms with Gasteiger partial charge in [0.1, 0.15) is 6.33 Å². The van der Waals surface area contributed by atoms with E-state index in [1.807, 2.05) is 0 Å². The zero-order valence-electron chi connectivity index (χ0n) is 3.96. The van der Waals surface area contributed by atoms with Crippen LogP contribution in [0.1, 0.15) is 0 Å². The number of anilines is 1. The molecule has 0 atom stereocenters. The van der Waals surface area contributed by atoms with Crippen molar-refractivity contribution in [1.82, 2.24) is 15.2 Å². The van der Waals surface area contributed by atoms with Crippen molar-refractivity contribution in [2.75, 3.05) is 5.43 Å². The van der Waals surface area contributed by atoms with Gasteiger partial charge in [0.25, 0.3) is 0 Å². The Balaban J connectivity index is 0.000000490. The summed E-state index contributed by atoms with van der Waals surface area (Å²) in [6, 6.07) is 0. The third kappa shape index (κ3) is 1.36. The summed E-state index contributed by atoms with van der Waals surface area (Å²) in [5.41, 5.74) is 2.28. The summed E-state index contributed by atoms with van der Waals surface area (Å²) in [5.74, 6) is 5.38. The van der Waals surface area contributed by atoms with Crippen LogP contribution in [-0.4, -0.2) is 15.2 Å². The summed E-state index contributed by atoms with van der Waals surface area (Å²) >= 11 is 0. The van der Waals surface area contributed by atoms with E-state index in [4.69, 9.17) is 5.84 Å². The summed E-state index contributed by atoms with van der Waals surface area (Å²) in [7, 11) is 0. The fourth-order valence-electron chi connectivity index (χ4n) is 0.275. The Morgan fingerprint density at radius 3 is 2.75 bits per heavy atom. The molecular weight excluding hydrogens is 130 g/mol. The van der Waals surface area contributed by atoms with E-state index >= 15 is 0 Å². The molecular formula is C2H6ClN5. The van der Waals surface area contributed by atoms with Gasteiger partial charge in [0, 0.05) is 0 Å². The van der Waals surface area contributed by atoms with Crippen molar-refractivity contribution >= 4 is 18.4 Å². The molecule has 0 saturated heterocycles. The Morgan fingerprint density at radius 1 is 1.75 bits per heavy atom.